The highest BCUT2D eigenvalue weighted by molar-refractivity contribution is 5.39. The summed E-state index contributed by atoms with van der Waals surface area (Å²) in [5.74, 6) is 1.77. The minimum absolute atomic E-state index is 0.759. The van der Waals surface area contributed by atoms with Crippen molar-refractivity contribution in [1.82, 2.24) is 20.1 Å². The molecule has 2 aromatic rings. The Bertz CT molecular complexity index is 486. The second kappa shape index (κ2) is 5.64. The number of nitrogens with two attached hydrogens (primary N) is 1. The molecule has 1 aromatic carbocycles. The third kappa shape index (κ3) is 3.56. The molecule has 0 unspecified atom stereocenters. The standard InChI is InChI=1S/C13H19N5/c1-18(2)8-7-12-15-13(17-16-12)9-10-3-5-11(14)6-4-10/h3-6H,7-9,14H2,1-2H3,(H,15,16,17). The molecule has 5 nitrogen and oxygen atoms in total. The third-order valence-electron chi connectivity index (χ3n) is 2.71. The first-order valence-electron chi connectivity index (χ1n) is 6.03. The molecule has 0 spiro atoms. The van der Waals surface area contributed by atoms with Gasteiger partial charge in [-0.1, -0.05) is 12.1 Å². The summed E-state index contributed by atoms with van der Waals surface area (Å²) in [6, 6.07) is 7.83. The smallest absolute Gasteiger partial charge is 0.151 e. The predicted octanol–water partition coefficient (Wildman–Crippen LogP) is 1.08. The second-order valence-electron chi connectivity index (χ2n) is 4.67. The zero-order chi connectivity index (χ0) is 13.0. The van der Waals surface area contributed by atoms with Crippen molar-refractivity contribution in [2.75, 3.05) is 26.4 Å². The van der Waals surface area contributed by atoms with Crippen molar-refractivity contribution in [3.63, 3.8) is 0 Å². The molecule has 0 aliphatic rings. The van der Waals surface area contributed by atoms with Crippen LogP contribution in [-0.4, -0.2) is 40.7 Å². The average Bonchev–Trinajstić information content (AvgIpc) is 2.77. The second-order valence-corrected chi connectivity index (χ2v) is 4.67. The number of aromatic nitrogens is 3. The minimum Gasteiger partial charge on any atom is -0.399 e. The summed E-state index contributed by atoms with van der Waals surface area (Å²) in [7, 11) is 4.09. The molecule has 5 heteroatoms. The molecule has 0 fully saturated rings. The van der Waals surface area contributed by atoms with E-state index in [9.17, 15) is 0 Å². The quantitative estimate of drug-likeness (QED) is 0.773. The van der Waals surface area contributed by atoms with Crippen LogP contribution < -0.4 is 5.73 Å². The van der Waals surface area contributed by atoms with E-state index in [0.717, 1.165) is 36.7 Å². The minimum atomic E-state index is 0.759. The predicted molar refractivity (Wildman–Crippen MR) is 72.3 cm³/mol. The molecule has 0 bridgehead atoms. The zero-order valence-electron chi connectivity index (χ0n) is 10.8. The number of nitrogens with zero attached hydrogens (tertiary/aromatic N) is 3. The number of rotatable bonds is 5. The number of H-pyrrole nitrogens is 1. The molecule has 3 N–H and O–H groups in total. The number of nitrogen functional groups attached to an aromatic ring is 1. The highest BCUT2D eigenvalue weighted by Gasteiger charge is 2.04. The van der Waals surface area contributed by atoms with Crippen LogP contribution in [0.3, 0.4) is 0 Å². The van der Waals surface area contributed by atoms with E-state index in [1.807, 2.05) is 38.4 Å². The van der Waals surface area contributed by atoms with Gasteiger partial charge in [0.15, 0.2) is 5.82 Å². The normalized spacial score (nSPS) is 11.1. The Labute approximate surface area is 107 Å². The maximum atomic E-state index is 5.65. The number of likely N-dealkylation sites (N-methyl/N-ethyl adjacent to an activating group) is 1. The van der Waals surface area contributed by atoms with Crippen molar-refractivity contribution >= 4 is 5.69 Å². The first kappa shape index (κ1) is 12.6. The van der Waals surface area contributed by atoms with Gasteiger partial charge in [0, 0.05) is 25.1 Å². The fourth-order valence-corrected chi connectivity index (χ4v) is 1.68. The van der Waals surface area contributed by atoms with Crippen molar-refractivity contribution < 1.29 is 0 Å². The molecule has 1 aromatic heterocycles. The molecule has 0 saturated heterocycles. The highest BCUT2D eigenvalue weighted by Crippen LogP contribution is 2.09. The van der Waals surface area contributed by atoms with Gasteiger partial charge in [0.2, 0.25) is 0 Å². The molecular formula is C13H19N5. The van der Waals surface area contributed by atoms with Crippen LogP contribution in [0.4, 0.5) is 5.69 Å². The average molecular weight is 245 g/mol. The van der Waals surface area contributed by atoms with Crippen LogP contribution in [0.1, 0.15) is 17.2 Å². The van der Waals surface area contributed by atoms with Gasteiger partial charge in [0.05, 0.1) is 0 Å². The van der Waals surface area contributed by atoms with Crippen LogP contribution in [-0.2, 0) is 12.8 Å². The fourth-order valence-electron chi connectivity index (χ4n) is 1.68. The van der Waals surface area contributed by atoms with Crippen LogP contribution in [0.25, 0.3) is 0 Å². The van der Waals surface area contributed by atoms with Gasteiger partial charge in [-0.3, -0.25) is 5.10 Å². The lowest BCUT2D eigenvalue weighted by atomic mass is 10.1. The summed E-state index contributed by atoms with van der Waals surface area (Å²) in [6.07, 6.45) is 1.63. The number of hydrogen-bond acceptors (Lipinski definition) is 4. The van der Waals surface area contributed by atoms with Gasteiger partial charge in [-0.25, -0.2) is 4.98 Å². The molecular weight excluding hydrogens is 226 g/mol. The Hall–Kier alpha value is -1.88. The molecule has 96 valence electrons. The molecule has 2 rings (SSSR count). The van der Waals surface area contributed by atoms with Crippen LogP contribution in [0, 0.1) is 0 Å². The van der Waals surface area contributed by atoms with E-state index < -0.39 is 0 Å². The van der Waals surface area contributed by atoms with Gasteiger partial charge in [0.25, 0.3) is 0 Å². The molecule has 0 amide bonds. The van der Waals surface area contributed by atoms with Gasteiger partial charge in [-0.05, 0) is 31.8 Å². The first-order chi connectivity index (χ1) is 8.63. The van der Waals surface area contributed by atoms with Gasteiger partial charge in [0.1, 0.15) is 5.82 Å². The van der Waals surface area contributed by atoms with Crippen molar-refractivity contribution in [1.29, 1.82) is 0 Å². The Morgan fingerprint density at radius 1 is 1.22 bits per heavy atom. The lowest BCUT2D eigenvalue weighted by Gasteiger charge is -2.05. The number of anilines is 1. The number of aromatic amines is 1. The van der Waals surface area contributed by atoms with Crippen molar-refractivity contribution in [2.45, 2.75) is 12.8 Å². The van der Waals surface area contributed by atoms with E-state index in [0.29, 0.717) is 0 Å². The maximum Gasteiger partial charge on any atom is 0.151 e. The van der Waals surface area contributed by atoms with Crippen LogP contribution in [0.2, 0.25) is 0 Å². The summed E-state index contributed by atoms with van der Waals surface area (Å²) < 4.78 is 0. The zero-order valence-corrected chi connectivity index (χ0v) is 10.8. The lowest BCUT2D eigenvalue weighted by molar-refractivity contribution is 0.409. The third-order valence-corrected chi connectivity index (χ3v) is 2.71. The van der Waals surface area contributed by atoms with E-state index >= 15 is 0 Å². The lowest BCUT2D eigenvalue weighted by Crippen LogP contribution is -2.15. The molecule has 0 aliphatic carbocycles. The number of hydrogen-bond donors (Lipinski definition) is 2. The van der Waals surface area contributed by atoms with Crippen molar-refractivity contribution in [3.8, 4) is 0 Å². The summed E-state index contributed by atoms with van der Waals surface area (Å²) in [6.45, 7) is 0.958. The monoisotopic (exact) mass is 245 g/mol. The van der Waals surface area contributed by atoms with Gasteiger partial charge >= 0.3 is 0 Å². The van der Waals surface area contributed by atoms with Crippen LogP contribution in [0.15, 0.2) is 24.3 Å². The maximum absolute atomic E-state index is 5.65. The van der Waals surface area contributed by atoms with Crippen molar-refractivity contribution in [3.05, 3.63) is 41.5 Å². The van der Waals surface area contributed by atoms with E-state index in [2.05, 4.69) is 20.1 Å². The van der Waals surface area contributed by atoms with Crippen LogP contribution >= 0.6 is 0 Å². The summed E-state index contributed by atoms with van der Waals surface area (Å²) in [5, 5.41) is 7.20. The Morgan fingerprint density at radius 2 is 1.94 bits per heavy atom. The van der Waals surface area contributed by atoms with E-state index in [4.69, 9.17) is 5.73 Å². The Morgan fingerprint density at radius 3 is 2.61 bits per heavy atom. The van der Waals surface area contributed by atoms with E-state index in [-0.39, 0.29) is 0 Å². The Balaban J connectivity index is 1.95. The van der Waals surface area contributed by atoms with Crippen molar-refractivity contribution in [2.24, 2.45) is 0 Å². The summed E-state index contributed by atoms with van der Waals surface area (Å²) in [4.78, 5) is 6.60. The molecule has 1 heterocycles. The number of benzene rings is 1. The molecule has 0 aliphatic heterocycles. The van der Waals surface area contributed by atoms with Gasteiger partial charge in [-0.2, -0.15) is 5.10 Å². The Kier molecular flexibility index (Phi) is 3.94. The molecule has 18 heavy (non-hydrogen) atoms. The van der Waals surface area contributed by atoms with Gasteiger partial charge < -0.3 is 10.6 Å². The molecule has 0 saturated carbocycles. The highest BCUT2D eigenvalue weighted by atomic mass is 15.2. The largest absolute Gasteiger partial charge is 0.399 e. The summed E-state index contributed by atoms with van der Waals surface area (Å²) in [5.41, 5.74) is 7.61. The van der Waals surface area contributed by atoms with E-state index in [1.54, 1.807) is 0 Å². The molecule has 0 atom stereocenters. The van der Waals surface area contributed by atoms with Gasteiger partial charge in [-0.15, -0.1) is 0 Å². The summed E-state index contributed by atoms with van der Waals surface area (Å²) >= 11 is 0. The SMILES string of the molecule is CN(C)CCc1n[nH]c(Cc2ccc(N)cc2)n1. The number of nitrogens with one attached hydrogen (secondary N) is 1. The fraction of sp³-hybridized carbons (Fsp3) is 0.385. The molecule has 0 radical (unpaired) electrons. The van der Waals surface area contributed by atoms with Crippen LogP contribution in [0.5, 0.6) is 0 Å². The first-order valence-corrected chi connectivity index (χ1v) is 6.03. The topological polar surface area (TPSA) is 70.8 Å². The van der Waals surface area contributed by atoms with E-state index in [1.165, 1.54) is 5.56 Å².